The average Bonchev–Trinajstić information content (AvgIpc) is 3.01. The monoisotopic (exact) mass is 377 g/mol. The number of hydrogen-bond acceptors (Lipinski definition) is 3. The van der Waals surface area contributed by atoms with Gasteiger partial charge in [0, 0.05) is 36.8 Å². The molecule has 2 bridgehead atoms. The maximum Gasteiger partial charge on any atom is 0.125 e. The number of ether oxygens (including phenoxy) is 2. The Hall–Kier alpha value is -0.770. The van der Waals surface area contributed by atoms with E-state index < -0.39 is 0 Å². The first kappa shape index (κ1) is 18.6. The number of halogens is 1. The second-order valence-corrected chi connectivity index (χ2v) is 9.03. The first-order valence-corrected chi connectivity index (χ1v) is 10.6. The molecule has 3 fully saturated rings. The van der Waals surface area contributed by atoms with Crippen LogP contribution in [-0.2, 0) is 10.3 Å². The molecule has 1 heterocycles. The number of fused-ring (bicyclic) bond motifs is 2. The smallest absolute Gasteiger partial charge is 0.125 e. The molecule has 1 saturated heterocycles. The maximum absolute atomic E-state index is 6.30. The summed E-state index contributed by atoms with van der Waals surface area (Å²) in [6, 6.07) is 6.67. The van der Waals surface area contributed by atoms with Gasteiger partial charge >= 0.3 is 0 Å². The summed E-state index contributed by atoms with van der Waals surface area (Å²) in [5.74, 6) is 2.88. The van der Waals surface area contributed by atoms with Crippen LogP contribution in [0.15, 0.2) is 18.2 Å². The summed E-state index contributed by atoms with van der Waals surface area (Å²) in [4.78, 5) is 2.75. The molecule has 1 aromatic carbocycles. The lowest BCUT2D eigenvalue weighted by Crippen LogP contribution is -2.48. The Morgan fingerprint density at radius 1 is 1.00 bits per heavy atom. The number of methoxy groups -OCH3 is 2. The fraction of sp³-hybridized carbons (Fsp3) is 0.727. The van der Waals surface area contributed by atoms with Crippen LogP contribution in [0.2, 0.25) is 5.02 Å². The van der Waals surface area contributed by atoms with Crippen molar-refractivity contribution in [2.75, 3.05) is 27.3 Å². The third kappa shape index (κ3) is 3.50. The highest BCUT2D eigenvalue weighted by Crippen LogP contribution is 2.45. The topological polar surface area (TPSA) is 21.7 Å². The molecule has 0 N–H and O–H groups in total. The van der Waals surface area contributed by atoms with Gasteiger partial charge < -0.3 is 14.4 Å². The van der Waals surface area contributed by atoms with Crippen molar-refractivity contribution in [3.05, 3.63) is 28.8 Å². The van der Waals surface area contributed by atoms with E-state index in [2.05, 4.69) is 4.90 Å². The number of piperidine rings is 1. The van der Waals surface area contributed by atoms with E-state index in [0.717, 1.165) is 60.1 Å². The predicted octanol–water partition coefficient (Wildman–Crippen LogP) is 5.25. The molecule has 2 aliphatic carbocycles. The summed E-state index contributed by atoms with van der Waals surface area (Å²) in [7, 11) is 3.56. The lowest BCUT2D eigenvalue weighted by molar-refractivity contribution is -0.0721. The van der Waals surface area contributed by atoms with Gasteiger partial charge in [-0.3, -0.25) is 0 Å². The second kappa shape index (κ2) is 7.69. The highest BCUT2D eigenvalue weighted by atomic mass is 35.5. The van der Waals surface area contributed by atoms with Crippen molar-refractivity contribution in [1.82, 2.24) is 4.90 Å². The van der Waals surface area contributed by atoms with Crippen LogP contribution in [-0.4, -0.2) is 38.3 Å². The molecule has 3 unspecified atom stereocenters. The summed E-state index contributed by atoms with van der Waals surface area (Å²) in [6.45, 7) is 2.21. The van der Waals surface area contributed by atoms with Crippen molar-refractivity contribution in [2.45, 2.75) is 63.0 Å². The highest BCUT2D eigenvalue weighted by Gasteiger charge is 2.41. The van der Waals surface area contributed by atoms with Gasteiger partial charge in [-0.15, -0.1) is 0 Å². The van der Waals surface area contributed by atoms with Gasteiger partial charge in [-0.1, -0.05) is 24.4 Å². The Balaban J connectivity index is 1.48. The molecular weight excluding hydrogens is 346 g/mol. The van der Waals surface area contributed by atoms with Crippen LogP contribution in [0, 0.1) is 11.8 Å². The third-order valence-corrected chi connectivity index (χ3v) is 7.56. The quantitative estimate of drug-likeness (QED) is 0.714. The lowest BCUT2D eigenvalue weighted by atomic mass is 9.82. The van der Waals surface area contributed by atoms with E-state index in [1.54, 1.807) is 7.11 Å². The molecule has 1 aliphatic heterocycles. The van der Waals surface area contributed by atoms with Gasteiger partial charge in [-0.2, -0.15) is 0 Å². The van der Waals surface area contributed by atoms with Gasteiger partial charge in [-0.05, 0) is 68.6 Å². The van der Waals surface area contributed by atoms with Gasteiger partial charge in [0.15, 0.2) is 0 Å². The molecule has 0 radical (unpaired) electrons. The molecule has 1 aromatic rings. The highest BCUT2D eigenvalue weighted by molar-refractivity contribution is 6.30. The standard InChI is InChI=1S/C22H32ClNO2/c1-25-21-8-6-18(23)15-20(21)22(26-2)9-11-24(12-10-22)19-7-5-16-3-4-17(13-16)14-19/h6,8,15-17,19H,3-5,7,9-14H2,1-2H3. The number of likely N-dealkylation sites (tertiary alicyclic amines) is 1. The minimum atomic E-state index is -0.281. The molecule has 0 spiro atoms. The molecule has 4 heteroatoms. The van der Waals surface area contributed by atoms with E-state index in [1.807, 2.05) is 25.3 Å². The average molecular weight is 378 g/mol. The van der Waals surface area contributed by atoms with Gasteiger partial charge in [-0.25, -0.2) is 0 Å². The third-order valence-electron chi connectivity index (χ3n) is 7.33. The van der Waals surface area contributed by atoms with Crippen LogP contribution in [0.5, 0.6) is 5.75 Å². The fourth-order valence-electron chi connectivity index (χ4n) is 5.79. The Morgan fingerprint density at radius 2 is 1.73 bits per heavy atom. The van der Waals surface area contributed by atoms with Gasteiger partial charge in [0.25, 0.3) is 0 Å². The van der Waals surface area contributed by atoms with Gasteiger partial charge in [0.2, 0.25) is 0 Å². The van der Waals surface area contributed by atoms with Crippen LogP contribution in [0.4, 0.5) is 0 Å². The number of nitrogens with zero attached hydrogens (tertiary/aromatic N) is 1. The minimum Gasteiger partial charge on any atom is -0.496 e. The second-order valence-electron chi connectivity index (χ2n) is 8.59. The predicted molar refractivity (Wildman–Crippen MR) is 106 cm³/mol. The number of rotatable bonds is 4. The summed E-state index contributed by atoms with van der Waals surface area (Å²) >= 11 is 6.30. The van der Waals surface area contributed by atoms with Crippen molar-refractivity contribution in [2.24, 2.45) is 11.8 Å². The summed E-state index contributed by atoms with van der Waals surface area (Å²) in [6.07, 6.45) is 10.7. The van der Waals surface area contributed by atoms with Crippen LogP contribution < -0.4 is 4.74 Å². The minimum absolute atomic E-state index is 0.281. The van der Waals surface area contributed by atoms with Crippen molar-refractivity contribution in [3.63, 3.8) is 0 Å². The van der Waals surface area contributed by atoms with E-state index >= 15 is 0 Å². The summed E-state index contributed by atoms with van der Waals surface area (Å²) < 4.78 is 11.7. The van der Waals surface area contributed by atoms with E-state index in [-0.39, 0.29) is 5.60 Å². The lowest BCUT2D eigenvalue weighted by Gasteiger charge is -2.44. The van der Waals surface area contributed by atoms with E-state index in [1.165, 1.54) is 38.5 Å². The molecule has 0 aromatic heterocycles. The van der Waals surface area contributed by atoms with Crippen LogP contribution in [0.3, 0.4) is 0 Å². The molecule has 26 heavy (non-hydrogen) atoms. The van der Waals surface area contributed by atoms with Crippen LogP contribution >= 0.6 is 11.6 Å². The molecular formula is C22H32ClNO2. The van der Waals surface area contributed by atoms with Gasteiger partial charge in [0.05, 0.1) is 12.7 Å². The summed E-state index contributed by atoms with van der Waals surface area (Å²) in [5, 5.41) is 0.749. The van der Waals surface area contributed by atoms with Crippen LogP contribution in [0.1, 0.15) is 56.9 Å². The Labute approximate surface area is 163 Å². The number of benzene rings is 1. The largest absolute Gasteiger partial charge is 0.496 e. The summed E-state index contributed by atoms with van der Waals surface area (Å²) in [5.41, 5.74) is 0.825. The first-order valence-electron chi connectivity index (χ1n) is 10.3. The Bertz CT molecular complexity index is 627. The molecule has 3 aliphatic rings. The SMILES string of the molecule is COc1ccc(Cl)cc1C1(OC)CCN(C2CCC3CCC(C3)C2)CC1. The molecule has 3 nitrogen and oxygen atoms in total. The van der Waals surface area contributed by atoms with E-state index in [9.17, 15) is 0 Å². The van der Waals surface area contributed by atoms with E-state index in [4.69, 9.17) is 21.1 Å². The van der Waals surface area contributed by atoms with Crippen molar-refractivity contribution >= 4 is 11.6 Å². The van der Waals surface area contributed by atoms with Crippen molar-refractivity contribution in [3.8, 4) is 5.75 Å². The van der Waals surface area contributed by atoms with Crippen LogP contribution in [0.25, 0.3) is 0 Å². The first-order chi connectivity index (χ1) is 12.6. The van der Waals surface area contributed by atoms with Gasteiger partial charge in [0.1, 0.15) is 5.75 Å². The Kier molecular flexibility index (Phi) is 5.50. The number of hydrogen-bond donors (Lipinski definition) is 0. The fourth-order valence-corrected chi connectivity index (χ4v) is 5.96. The van der Waals surface area contributed by atoms with Crippen molar-refractivity contribution in [1.29, 1.82) is 0 Å². The maximum atomic E-state index is 6.30. The zero-order chi connectivity index (χ0) is 18.1. The molecule has 0 amide bonds. The van der Waals surface area contributed by atoms with Crippen molar-refractivity contribution < 1.29 is 9.47 Å². The molecule has 3 atom stereocenters. The Morgan fingerprint density at radius 3 is 2.46 bits per heavy atom. The zero-order valence-corrected chi connectivity index (χ0v) is 16.9. The normalized spacial score (nSPS) is 31.6. The zero-order valence-electron chi connectivity index (χ0n) is 16.2. The van der Waals surface area contributed by atoms with E-state index in [0.29, 0.717) is 0 Å². The molecule has 144 valence electrons. The molecule has 2 saturated carbocycles. The molecule has 4 rings (SSSR count).